The Morgan fingerprint density at radius 3 is 2.23 bits per heavy atom. The third-order valence-electron chi connectivity index (χ3n) is 3.69. The maximum atomic E-state index is 12.8. The molecule has 0 spiro atoms. The van der Waals surface area contributed by atoms with Crippen molar-refractivity contribution in [2.24, 2.45) is 0 Å². The molecule has 0 heterocycles. The molecule has 0 atom stereocenters. The molecular weight excluding hydrogens is 304 g/mol. The molecule has 0 radical (unpaired) electrons. The number of nitrogens with zero attached hydrogens (tertiary/aromatic N) is 1. The number of amides is 3. The molecule has 0 unspecified atom stereocenters. The van der Waals surface area contributed by atoms with Crippen LogP contribution in [0, 0.1) is 0 Å². The topological polar surface area (TPSA) is 83.6 Å². The summed E-state index contributed by atoms with van der Waals surface area (Å²) in [6, 6.07) is 6.54. The quantitative estimate of drug-likeness (QED) is 0.924. The molecule has 6 nitrogen and oxygen atoms in total. The minimum atomic E-state index is -3.98. The SMILES string of the molecule is CC(=O)NC(=O)N(C1CCCCC1)S(=O)(=O)c1ccccc1. The molecule has 1 aromatic rings. The molecule has 7 heteroatoms. The van der Waals surface area contributed by atoms with E-state index in [1.165, 1.54) is 19.1 Å². The number of hydrogen-bond acceptors (Lipinski definition) is 4. The van der Waals surface area contributed by atoms with Crippen molar-refractivity contribution in [3.8, 4) is 0 Å². The van der Waals surface area contributed by atoms with Crippen molar-refractivity contribution in [2.45, 2.75) is 50.0 Å². The zero-order chi connectivity index (χ0) is 16.2. The second-order valence-electron chi connectivity index (χ2n) is 5.39. The molecule has 3 amide bonds. The number of imide groups is 1. The molecule has 1 aliphatic rings. The van der Waals surface area contributed by atoms with E-state index in [9.17, 15) is 18.0 Å². The predicted octanol–water partition coefficient (Wildman–Crippen LogP) is 2.27. The Morgan fingerprint density at radius 1 is 1.09 bits per heavy atom. The lowest BCUT2D eigenvalue weighted by Crippen LogP contribution is -2.51. The standard InChI is InChI=1S/C15H20N2O4S/c1-12(18)16-15(19)17(13-8-4-2-5-9-13)22(20,21)14-10-6-3-7-11-14/h3,6-7,10-11,13H,2,4-5,8-9H2,1H3,(H,16,18,19). The Hall–Kier alpha value is -1.89. The second kappa shape index (κ2) is 6.91. The van der Waals surface area contributed by atoms with Gasteiger partial charge in [-0.2, -0.15) is 0 Å². The molecule has 0 aliphatic heterocycles. The van der Waals surface area contributed by atoms with Gasteiger partial charge in [0, 0.05) is 6.92 Å². The highest BCUT2D eigenvalue weighted by atomic mass is 32.2. The highest BCUT2D eigenvalue weighted by molar-refractivity contribution is 7.89. The Morgan fingerprint density at radius 2 is 1.68 bits per heavy atom. The summed E-state index contributed by atoms with van der Waals surface area (Å²) < 4.78 is 26.5. The van der Waals surface area contributed by atoms with E-state index in [4.69, 9.17) is 0 Å². The van der Waals surface area contributed by atoms with E-state index in [2.05, 4.69) is 5.32 Å². The maximum absolute atomic E-state index is 12.8. The second-order valence-corrected chi connectivity index (χ2v) is 7.21. The average molecular weight is 324 g/mol. The number of sulfonamides is 1. The summed E-state index contributed by atoms with van der Waals surface area (Å²) in [6.45, 7) is 1.19. The van der Waals surface area contributed by atoms with Crippen molar-refractivity contribution in [1.29, 1.82) is 0 Å². The molecule has 1 aliphatic carbocycles. The minimum Gasteiger partial charge on any atom is -0.277 e. The van der Waals surface area contributed by atoms with Crippen LogP contribution in [0.1, 0.15) is 39.0 Å². The van der Waals surface area contributed by atoms with Crippen LogP contribution in [-0.4, -0.2) is 30.7 Å². The van der Waals surface area contributed by atoms with Gasteiger partial charge in [-0.05, 0) is 25.0 Å². The van der Waals surface area contributed by atoms with Gasteiger partial charge in [0.15, 0.2) is 0 Å². The normalized spacial score (nSPS) is 16.0. The molecule has 1 N–H and O–H groups in total. The van der Waals surface area contributed by atoms with Gasteiger partial charge in [-0.25, -0.2) is 17.5 Å². The van der Waals surface area contributed by atoms with Gasteiger partial charge in [0.1, 0.15) is 0 Å². The zero-order valence-corrected chi connectivity index (χ0v) is 13.3. The summed E-state index contributed by atoms with van der Waals surface area (Å²) in [5, 5.41) is 2.08. The van der Waals surface area contributed by atoms with Gasteiger partial charge in [0.2, 0.25) is 5.91 Å². The van der Waals surface area contributed by atoms with E-state index in [1.54, 1.807) is 18.2 Å². The summed E-state index contributed by atoms with van der Waals surface area (Å²) in [7, 11) is -3.98. The average Bonchev–Trinajstić information content (AvgIpc) is 2.48. The predicted molar refractivity (Wildman–Crippen MR) is 81.6 cm³/mol. The molecule has 0 aromatic heterocycles. The van der Waals surface area contributed by atoms with E-state index < -0.39 is 28.0 Å². The summed E-state index contributed by atoms with van der Waals surface area (Å²) in [4.78, 5) is 23.5. The van der Waals surface area contributed by atoms with Crippen LogP contribution in [0.15, 0.2) is 35.2 Å². The van der Waals surface area contributed by atoms with Crippen LogP contribution >= 0.6 is 0 Å². The third-order valence-corrected chi connectivity index (χ3v) is 5.54. The summed E-state index contributed by atoms with van der Waals surface area (Å²) >= 11 is 0. The van der Waals surface area contributed by atoms with E-state index in [0.717, 1.165) is 23.6 Å². The fourth-order valence-electron chi connectivity index (χ4n) is 2.70. The van der Waals surface area contributed by atoms with Crippen LogP contribution in [0.3, 0.4) is 0 Å². The van der Waals surface area contributed by atoms with E-state index in [1.807, 2.05) is 0 Å². The molecule has 0 saturated heterocycles. The molecule has 2 rings (SSSR count). The number of hydrogen-bond donors (Lipinski definition) is 1. The van der Waals surface area contributed by atoms with Crippen LogP contribution in [0.5, 0.6) is 0 Å². The number of urea groups is 1. The van der Waals surface area contributed by atoms with Crippen LogP contribution < -0.4 is 5.32 Å². The van der Waals surface area contributed by atoms with Gasteiger partial charge in [-0.3, -0.25) is 10.1 Å². The van der Waals surface area contributed by atoms with Crippen LogP contribution in [-0.2, 0) is 14.8 Å². The van der Waals surface area contributed by atoms with E-state index >= 15 is 0 Å². The van der Waals surface area contributed by atoms with Crippen molar-refractivity contribution >= 4 is 22.0 Å². The largest absolute Gasteiger partial charge is 0.338 e. The zero-order valence-electron chi connectivity index (χ0n) is 12.5. The van der Waals surface area contributed by atoms with Crippen LogP contribution in [0.25, 0.3) is 0 Å². The van der Waals surface area contributed by atoms with Crippen LogP contribution in [0.2, 0.25) is 0 Å². The lowest BCUT2D eigenvalue weighted by molar-refractivity contribution is -0.118. The molecule has 1 fully saturated rings. The smallest absolute Gasteiger partial charge is 0.277 e. The summed E-state index contributed by atoms with van der Waals surface area (Å²) in [6.07, 6.45) is 4.02. The highest BCUT2D eigenvalue weighted by Gasteiger charge is 2.36. The fourth-order valence-corrected chi connectivity index (χ4v) is 4.29. The third kappa shape index (κ3) is 3.65. The minimum absolute atomic E-state index is 0.0549. The lowest BCUT2D eigenvalue weighted by Gasteiger charge is -2.33. The molecule has 0 bridgehead atoms. The first kappa shape index (κ1) is 16.5. The van der Waals surface area contributed by atoms with Crippen molar-refractivity contribution in [3.05, 3.63) is 30.3 Å². The van der Waals surface area contributed by atoms with Gasteiger partial charge in [-0.1, -0.05) is 37.5 Å². The van der Waals surface area contributed by atoms with E-state index in [0.29, 0.717) is 12.8 Å². The number of carbonyl (C=O) groups excluding carboxylic acids is 2. The van der Waals surface area contributed by atoms with Gasteiger partial charge < -0.3 is 0 Å². The monoisotopic (exact) mass is 324 g/mol. The molecule has 1 aromatic carbocycles. The van der Waals surface area contributed by atoms with Gasteiger partial charge in [0.05, 0.1) is 10.9 Å². The first-order valence-electron chi connectivity index (χ1n) is 7.34. The highest BCUT2D eigenvalue weighted by Crippen LogP contribution is 2.27. The van der Waals surface area contributed by atoms with Crippen molar-refractivity contribution < 1.29 is 18.0 Å². The number of carbonyl (C=O) groups is 2. The number of benzene rings is 1. The van der Waals surface area contributed by atoms with Crippen LogP contribution in [0.4, 0.5) is 4.79 Å². The Labute approximate surface area is 130 Å². The van der Waals surface area contributed by atoms with Crippen molar-refractivity contribution in [1.82, 2.24) is 9.62 Å². The number of nitrogens with one attached hydrogen (secondary N) is 1. The first-order chi connectivity index (χ1) is 10.4. The summed E-state index contributed by atoms with van der Waals surface area (Å²) in [5.41, 5.74) is 0. The lowest BCUT2D eigenvalue weighted by atomic mass is 9.96. The fraction of sp³-hybridized carbons (Fsp3) is 0.467. The van der Waals surface area contributed by atoms with Crippen molar-refractivity contribution in [2.75, 3.05) is 0 Å². The Kier molecular flexibility index (Phi) is 5.18. The molecule has 1 saturated carbocycles. The van der Waals surface area contributed by atoms with Gasteiger partial charge in [-0.15, -0.1) is 0 Å². The van der Waals surface area contributed by atoms with E-state index in [-0.39, 0.29) is 4.90 Å². The maximum Gasteiger partial charge on any atom is 0.338 e. The van der Waals surface area contributed by atoms with Gasteiger partial charge in [0.25, 0.3) is 10.0 Å². The Balaban J connectivity index is 2.38. The molecule has 22 heavy (non-hydrogen) atoms. The Bertz CT molecular complexity index is 637. The first-order valence-corrected chi connectivity index (χ1v) is 8.78. The van der Waals surface area contributed by atoms with Gasteiger partial charge >= 0.3 is 6.03 Å². The number of rotatable bonds is 3. The van der Waals surface area contributed by atoms with Crippen molar-refractivity contribution in [3.63, 3.8) is 0 Å². The molecular formula is C15H20N2O4S. The molecule has 120 valence electrons. The summed E-state index contributed by atoms with van der Waals surface area (Å²) in [5.74, 6) is -0.575.